The lowest BCUT2D eigenvalue weighted by atomic mass is 9.59. The molecule has 3 aliphatic heterocycles. The van der Waals surface area contributed by atoms with Gasteiger partial charge in [-0.05, 0) is 129 Å². The Morgan fingerprint density at radius 1 is 0.985 bits per heavy atom. The number of nitrogen functional groups attached to an aromatic ring is 1. The average Bonchev–Trinajstić information content (AvgIpc) is 3.97. The predicted octanol–water partition coefficient (Wildman–Crippen LogP) is 10.1. The van der Waals surface area contributed by atoms with Crippen molar-refractivity contribution in [3.63, 3.8) is 0 Å². The van der Waals surface area contributed by atoms with Crippen LogP contribution < -0.4 is 30.1 Å². The molecule has 5 aliphatic rings. The van der Waals surface area contributed by atoms with Gasteiger partial charge in [-0.2, -0.15) is 0 Å². The number of pyridine rings is 1. The third kappa shape index (κ3) is 8.78. The average molecular weight is 931 g/mol. The number of ether oxygens (including phenoxy) is 2. The van der Waals surface area contributed by atoms with Crippen LogP contribution in [0.4, 0.5) is 22.9 Å². The first-order valence-corrected chi connectivity index (χ1v) is 25.5. The number of piperidine rings is 1. The van der Waals surface area contributed by atoms with Crippen molar-refractivity contribution in [2.75, 3.05) is 42.2 Å². The fourth-order valence-corrected chi connectivity index (χ4v) is 12.7. The summed E-state index contributed by atoms with van der Waals surface area (Å²) in [5, 5.41) is 16.5. The van der Waals surface area contributed by atoms with Crippen LogP contribution in [0.15, 0.2) is 77.8 Å². The first-order chi connectivity index (χ1) is 32.1. The van der Waals surface area contributed by atoms with E-state index in [1.165, 1.54) is 42.9 Å². The number of hydrogen-bond acceptors (Lipinski definition) is 12. The number of amides is 1. The number of fused-ring (bicyclic) bond motifs is 2. The first kappa shape index (κ1) is 44.9. The van der Waals surface area contributed by atoms with E-state index in [1.54, 1.807) is 30.5 Å². The van der Waals surface area contributed by atoms with Crippen molar-refractivity contribution in [2.24, 2.45) is 16.7 Å². The minimum absolute atomic E-state index is 0.0410. The maximum atomic E-state index is 14.2. The Balaban J connectivity index is 0.866. The standard InChI is InChI=1S/C51H62N8O7S/c1-31(2)37-8-5-6-9-38(37)41-10-7-21-58(41)35-28-51(29-35)18-22-57(23-19-51)34-11-12-39(43(25-34)66-45-24-33-15-20-53-48(33)55-47(45)52)49(60)56-67(63,64)36-26-42(59(61)62)46-44(27-36)65-30-40(54-46)32-13-16-50(3,4)17-14-32/h5-6,8-9,11-12,15,20,24-27,31-32,35,40-41,54H,7,10,13-14,16-19,21-23,28-30H2,1-4H3,(H,56,60)(H3,52,53,55)/t40-,41-/m1/s1. The Morgan fingerprint density at radius 3 is 2.49 bits per heavy atom. The van der Waals surface area contributed by atoms with Gasteiger partial charge in [0, 0.05) is 60.6 Å². The van der Waals surface area contributed by atoms with Crippen molar-refractivity contribution >= 4 is 49.8 Å². The number of nitrogens with one attached hydrogen (secondary N) is 3. The number of carbonyl (C=O) groups excluding carboxylic acids is 1. The second kappa shape index (κ2) is 17.3. The zero-order valence-corrected chi connectivity index (χ0v) is 39.7. The van der Waals surface area contributed by atoms with Crippen LogP contribution in [0.25, 0.3) is 11.0 Å². The number of nitrogens with zero attached hydrogens (tertiary/aromatic N) is 4. The summed E-state index contributed by atoms with van der Waals surface area (Å²) in [6.45, 7) is 12.1. The highest BCUT2D eigenvalue weighted by molar-refractivity contribution is 7.90. The summed E-state index contributed by atoms with van der Waals surface area (Å²) in [4.78, 5) is 38.0. The molecule has 2 atom stereocenters. The number of aromatic amines is 1. The Morgan fingerprint density at radius 2 is 1.75 bits per heavy atom. The zero-order valence-electron chi connectivity index (χ0n) is 38.8. The van der Waals surface area contributed by atoms with Gasteiger partial charge in [0.05, 0.1) is 21.4 Å². The lowest BCUT2D eigenvalue weighted by Crippen LogP contribution is -2.54. The van der Waals surface area contributed by atoms with E-state index in [9.17, 15) is 23.3 Å². The molecule has 354 valence electrons. The lowest BCUT2D eigenvalue weighted by molar-refractivity contribution is -0.384. The monoisotopic (exact) mass is 930 g/mol. The van der Waals surface area contributed by atoms with Gasteiger partial charge in [0.2, 0.25) is 0 Å². The number of carbonyl (C=O) groups is 1. The fourth-order valence-electron chi connectivity index (χ4n) is 11.7. The molecule has 3 aromatic carbocycles. The van der Waals surface area contributed by atoms with Crippen LogP contribution in [0, 0.1) is 26.9 Å². The van der Waals surface area contributed by atoms with Crippen molar-refractivity contribution in [1.29, 1.82) is 0 Å². The SMILES string of the molecule is CC(C)c1ccccc1[C@H]1CCCN1C1CC2(CCN(c3ccc(C(=O)NS(=O)(=O)c4cc5c(c([N+](=O)[O-])c4)N[C@@H](C4CCC(C)(C)CC4)CO5)c(Oc4cc5cc[nH]c5nc4N)c3)CC2)C1. The fraction of sp³-hybridized carbons (Fsp3) is 0.490. The largest absolute Gasteiger partial charge is 0.489 e. The number of rotatable bonds is 11. The highest BCUT2D eigenvalue weighted by atomic mass is 32.2. The van der Waals surface area contributed by atoms with Crippen LogP contribution in [0.3, 0.4) is 0 Å². The van der Waals surface area contributed by atoms with E-state index in [0.29, 0.717) is 23.6 Å². The molecule has 4 fully saturated rings. The van der Waals surface area contributed by atoms with Crippen molar-refractivity contribution in [3.8, 4) is 17.2 Å². The van der Waals surface area contributed by atoms with Gasteiger partial charge < -0.3 is 30.4 Å². The van der Waals surface area contributed by atoms with E-state index < -0.39 is 31.4 Å². The number of hydrogen-bond donors (Lipinski definition) is 4. The summed E-state index contributed by atoms with van der Waals surface area (Å²) in [7, 11) is -4.66. The number of aromatic nitrogens is 2. The molecular formula is C51H62N8O7S. The highest BCUT2D eigenvalue weighted by Gasteiger charge is 2.50. The summed E-state index contributed by atoms with van der Waals surface area (Å²) in [5.41, 5.74) is 10.9. The maximum Gasteiger partial charge on any atom is 0.297 e. The molecule has 0 unspecified atom stereocenters. The maximum absolute atomic E-state index is 14.2. The molecule has 2 aromatic heterocycles. The number of sulfonamides is 1. The molecule has 2 aliphatic carbocycles. The minimum atomic E-state index is -4.66. The summed E-state index contributed by atoms with van der Waals surface area (Å²) in [6, 6.07) is 20.7. The number of nitro benzene ring substituents is 1. The Hall–Kier alpha value is -5.87. The van der Waals surface area contributed by atoms with Crippen LogP contribution >= 0.6 is 0 Å². The Labute approximate surface area is 392 Å². The second-order valence-corrected chi connectivity index (χ2v) is 22.6. The molecule has 1 amide bonds. The van der Waals surface area contributed by atoms with Crippen LogP contribution in [0.2, 0.25) is 0 Å². The molecule has 5 heterocycles. The van der Waals surface area contributed by atoms with E-state index in [1.807, 2.05) is 6.07 Å². The summed E-state index contributed by atoms with van der Waals surface area (Å²) >= 11 is 0. The smallest absolute Gasteiger partial charge is 0.297 e. The van der Waals surface area contributed by atoms with Gasteiger partial charge >= 0.3 is 0 Å². The minimum Gasteiger partial charge on any atom is -0.489 e. The number of nitro groups is 1. The molecule has 10 rings (SSSR count). The van der Waals surface area contributed by atoms with Crippen LogP contribution in [-0.4, -0.2) is 72.4 Å². The van der Waals surface area contributed by atoms with E-state index >= 15 is 0 Å². The van der Waals surface area contributed by atoms with Gasteiger partial charge in [-0.3, -0.25) is 19.8 Å². The van der Waals surface area contributed by atoms with E-state index in [0.717, 1.165) is 75.3 Å². The molecule has 2 saturated heterocycles. The van der Waals surface area contributed by atoms with E-state index in [2.05, 4.69) is 81.8 Å². The van der Waals surface area contributed by atoms with Crippen LogP contribution in [0.1, 0.15) is 125 Å². The molecule has 0 bridgehead atoms. The zero-order chi connectivity index (χ0) is 46.8. The Bertz CT molecular complexity index is 2820. The molecule has 2 saturated carbocycles. The highest BCUT2D eigenvalue weighted by Crippen LogP contribution is 2.54. The van der Waals surface area contributed by atoms with E-state index in [-0.39, 0.29) is 63.7 Å². The molecular weight excluding hydrogens is 869 g/mol. The molecule has 0 radical (unpaired) electrons. The van der Waals surface area contributed by atoms with Gasteiger partial charge in [-0.15, -0.1) is 0 Å². The van der Waals surface area contributed by atoms with Gasteiger partial charge in [-0.1, -0.05) is 52.0 Å². The molecule has 67 heavy (non-hydrogen) atoms. The second-order valence-electron chi connectivity index (χ2n) is 20.9. The van der Waals surface area contributed by atoms with Crippen molar-refractivity contribution in [3.05, 3.63) is 99.7 Å². The van der Waals surface area contributed by atoms with Gasteiger partial charge in [0.1, 0.15) is 18.0 Å². The van der Waals surface area contributed by atoms with Gasteiger partial charge in [-0.25, -0.2) is 18.1 Å². The number of likely N-dealkylation sites (tertiary alicyclic amines) is 1. The van der Waals surface area contributed by atoms with Crippen molar-refractivity contribution < 1.29 is 27.6 Å². The topological polar surface area (TPSA) is 198 Å². The van der Waals surface area contributed by atoms with Crippen molar-refractivity contribution in [2.45, 2.75) is 121 Å². The summed E-state index contributed by atoms with van der Waals surface area (Å²) < 4.78 is 42.6. The molecule has 5 N–H and O–H groups in total. The number of anilines is 3. The number of H-pyrrole nitrogens is 1. The van der Waals surface area contributed by atoms with E-state index in [4.69, 9.17) is 15.2 Å². The first-order valence-electron chi connectivity index (χ1n) is 24.0. The van der Waals surface area contributed by atoms with Crippen LogP contribution in [0.5, 0.6) is 17.2 Å². The third-order valence-corrected chi connectivity index (χ3v) is 17.0. The molecule has 5 aromatic rings. The quantitative estimate of drug-likeness (QED) is 0.0723. The van der Waals surface area contributed by atoms with Crippen molar-refractivity contribution in [1.82, 2.24) is 19.6 Å². The molecule has 15 nitrogen and oxygen atoms in total. The number of nitrogens with two attached hydrogens (primary N) is 1. The number of benzene rings is 3. The van der Waals surface area contributed by atoms with Gasteiger partial charge in [0.15, 0.2) is 23.0 Å². The van der Waals surface area contributed by atoms with Gasteiger partial charge in [0.25, 0.3) is 21.6 Å². The normalized spacial score (nSPS) is 22.0. The lowest BCUT2D eigenvalue weighted by Gasteiger charge is -2.56. The summed E-state index contributed by atoms with van der Waals surface area (Å²) in [6.07, 6.45) is 12.6. The van der Waals surface area contributed by atoms with Crippen LogP contribution in [-0.2, 0) is 10.0 Å². The Kier molecular flexibility index (Phi) is 11.6. The third-order valence-electron chi connectivity index (χ3n) is 15.7. The summed E-state index contributed by atoms with van der Waals surface area (Å²) in [5.74, 6) is 0.166. The molecule has 16 heteroatoms. The molecule has 1 spiro atoms. The predicted molar refractivity (Wildman–Crippen MR) is 260 cm³/mol.